The number of likely N-dealkylation sites (N-methyl/N-ethyl adjacent to an activating group) is 1. The smallest absolute Gasteiger partial charge is 0.329 e. The number of hydrogen-bond acceptors (Lipinski definition) is 5. The van der Waals surface area contributed by atoms with Crippen LogP contribution in [0.4, 0.5) is 0 Å². The molecule has 0 aliphatic carbocycles. The molecule has 0 saturated carbocycles. The minimum absolute atomic E-state index is 0.0251. The minimum Gasteiger partial charge on any atom is -0.494 e. The number of methoxy groups -OCH3 is 1. The molecule has 0 aromatic carbocycles. The zero-order valence-corrected chi connectivity index (χ0v) is 6.37. The van der Waals surface area contributed by atoms with E-state index >= 15 is 0 Å². The number of nitrogens with zero attached hydrogens (tertiary/aromatic N) is 1. The lowest BCUT2D eigenvalue weighted by Crippen LogP contribution is -2.40. The summed E-state index contributed by atoms with van der Waals surface area (Å²) in [6.45, 7) is 0. The van der Waals surface area contributed by atoms with Crippen LogP contribution in [0.15, 0.2) is 12.0 Å². The number of rotatable bonds is 1. The largest absolute Gasteiger partial charge is 0.494 e. The standard InChI is InChI=1S/C6H10N2O3/c1-8-4(6(10)11-2)3-5(9)7-8/h3-4,7,9H,1-2H3. The Morgan fingerprint density at radius 1 is 1.91 bits per heavy atom. The molecule has 5 nitrogen and oxygen atoms in total. The van der Waals surface area contributed by atoms with E-state index in [1.807, 2.05) is 0 Å². The average molecular weight is 158 g/mol. The fraction of sp³-hybridized carbons (Fsp3) is 0.500. The summed E-state index contributed by atoms with van der Waals surface area (Å²) in [5, 5.41) is 10.4. The van der Waals surface area contributed by atoms with Crippen molar-refractivity contribution in [2.24, 2.45) is 0 Å². The highest BCUT2D eigenvalue weighted by Gasteiger charge is 2.27. The van der Waals surface area contributed by atoms with E-state index in [0.717, 1.165) is 0 Å². The van der Waals surface area contributed by atoms with E-state index in [4.69, 9.17) is 5.11 Å². The Kier molecular flexibility index (Phi) is 2.00. The molecule has 1 unspecified atom stereocenters. The second-order valence-corrected chi connectivity index (χ2v) is 2.24. The molecule has 0 radical (unpaired) electrons. The third-order valence-electron chi connectivity index (χ3n) is 1.47. The van der Waals surface area contributed by atoms with E-state index in [2.05, 4.69) is 10.2 Å². The molecule has 1 aliphatic heterocycles. The van der Waals surface area contributed by atoms with Crippen LogP contribution in [0.25, 0.3) is 0 Å². The fourth-order valence-electron chi connectivity index (χ4n) is 0.896. The summed E-state index contributed by atoms with van der Waals surface area (Å²) in [6.07, 6.45) is 1.38. The molecule has 0 saturated heterocycles. The Morgan fingerprint density at radius 2 is 2.55 bits per heavy atom. The Labute approximate surface area is 64.2 Å². The van der Waals surface area contributed by atoms with E-state index in [0.29, 0.717) is 0 Å². The van der Waals surface area contributed by atoms with Gasteiger partial charge >= 0.3 is 5.97 Å². The third-order valence-corrected chi connectivity index (χ3v) is 1.47. The van der Waals surface area contributed by atoms with Gasteiger partial charge in [-0.3, -0.25) is 5.43 Å². The molecule has 0 fully saturated rings. The van der Waals surface area contributed by atoms with E-state index in [1.54, 1.807) is 7.05 Å². The van der Waals surface area contributed by atoms with E-state index in [1.165, 1.54) is 18.2 Å². The van der Waals surface area contributed by atoms with Crippen molar-refractivity contribution in [2.75, 3.05) is 14.2 Å². The highest BCUT2D eigenvalue weighted by atomic mass is 16.5. The van der Waals surface area contributed by atoms with Gasteiger partial charge in [0.2, 0.25) is 0 Å². The van der Waals surface area contributed by atoms with Gasteiger partial charge in [0.15, 0.2) is 5.88 Å². The van der Waals surface area contributed by atoms with Gasteiger partial charge in [-0.2, -0.15) is 0 Å². The maximum atomic E-state index is 10.9. The molecule has 2 N–H and O–H groups in total. The Morgan fingerprint density at radius 3 is 2.91 bits per heavy atom. The molecule has 5 heteroatoms. The van der Waals surface area contributed by atoms with Crippen molar-refractivity contribution in [3.05, 3.63) is 12.0 Å². The quantitative estimate of drug-likeness (QED) is 0.498. The van der Waals surface area contributed by atoms with Crippen LogP contribution in [-0.2, 0) is 9.53 Å². The maximum absolute atomic E-state index is 10.9. The summed E-state index contributed by atoms with van der Waals surface area (Å²) in [5.41, 5.74) is 2.53. The number of nitrogens with one attached hydrogen (secondary N) is 1. The van der Waals surface area contributed by atoms with Gasteiger partial charge in [0, 0.05) is 13.1 Å². The Bertz CT molecular complexity index is 202. The molecule has 0 spiro atoms. The first-order chi connectivity index (χ1) is 5.15. The normalized spacial score (nSPS) is 24.2. The molecule has 1 atom stereocenters. The van der Waals surface area contributed by atoms with Gasteiger partial charge in [0.25, 0.3) is 0 Å². The molecule has 62 valence electrons. The first kappa shape index (κ1) is 7.87. The van der Waals surface area contributed by atoms with Gasteiger partial charge in [-0.1, -0.05) is 0 Å². The minimum atomic E-state index is -0.528. The fourth-order valence-corrected chi connectivity index (χ4v) is 0.896. The van der Waals surface area contributed by atoms with Crippen molar-refractivity contribution in [3.63, 3.8) is 0 Å². The molecule has 11 heavy (non-hydrogen) atoms. The van der Waals surface area contributed by atoms with Gasteiger partial charge < -0.3 is 9.84 Å². The summed E-state index contributed by atoms with van der Waals surface area (Å²) in [5.74, 6) is -0.424. The van der Waals surface area contributed by atoms with E-state index in [-0.39, 0.29) is 5.88 Å². The average Bonchev–Trinajstić information content (AvgIpc) is 2.28. The number of carbonyl (C=O) groups excluding carboxylic acids is 1. The van der Waals surface area contributed by atoms with Gasteiger partial charge in [0.05, 0.1) is 7.11 Å². The summed E-state index contributed by atoms with van der Waals surface area (Å²) in [7, 11) is 2.95. The van der Waals surface area contributed by atoms with Crippen molar-refractivity contribution >= 4 is 5.97 Å². The molecule has 1 aliphatic rings. The Balaban J connectivity index is 2.65. The van der Waals surface area contributed by atoms with Gasteiger partial charge in [-0.05, 0) is 0 Å². The molecule has 1 rings (SSSR count). The predicted octanol–water partition coefficient (Wildman–Crippen LogP) is -0.623. The molecule has 0 aromatic rings. The van der Waals surface area contributed by atoms with Gasteiger partial charge in [0.1, 0.15) is 6.04 Å². The molecule has 0 amide bonds. The van der Waals surface area contributed by atoms with Crippen LogP contribution in [-0.4, -0.2) is 36.3 Å². The Hall–Kier alpha value is -1.23. The van der Waals surface area contributed by atoms with E-state index in [9.17, 15) is 4.79 Å². The molecule has 1 heterocycles. The summed E-state index contributed by atoms with van der Waals surface area (Å²) in [6, 6.07) is -0.528. The number of ether oxygens (including phenoxy) is 1. The van der Waals surface area contributed by atoms with Crippen LogP contribution in [0.5, 0.6) is 0 Å². The monoisotopic (exact) mass is 158 g/mol. The van der Waals surface area contributed by atoms with Crippen molar-refractivity contribution < 1.29 is 14.6 Å². The highest BCUT2D eigenvalue weighted by Crippen LogP contribution is 2.07. The molecular formula is C6H10N2O3. The molecule has 0 aromatic heterocycles. The van der Waals surface area contributed by atoms with Crippen LogP contribution in [0.1, 0.15) is 0 Å². The SMILES string of the molecule is COC(=O)C1C=C(O)NN1C. The maximum Gasteiger partial charge on any atom is 0.329 e. The van der Waals surface area contributed by atoms with Crippen LogP contribution < -0.4 is 5.43 Å². The summed E-state index contributed by atoms with van der Waals surface area (Å²) >= 11 is 0. The van der Waals surface area contributed by atoms with Gasteiger partial charge in [-0.25, -0.2) is 9.80 Å². The lowest BCUT2D eigenvalue weighted by Gasteiger charge is -2.15. The van der Waals surface area contributed by atoms with Crippen molar-refractivity contribution in [2.45, 2.75) is 6.04 Å². The second kappa shape index (κ2) is 2.79. The number of hydrogen-bond donors (Lipinski definition) is 2. The lowest BCUT2D eigenvalue weighted by atomic mass is 10.3. The van der Waals surface area contributed by atoms with Crippen molar-refractivity contribution in [1.29, 1.82) is 0 Å². The highest BCUT2D eigenvalue weighted by molar-refractivity contribution is 5.78. The van der Waals surface area contributed by atoms with Crippen LogP contribution >= 0.6 is 0 Å². The summed E-state index contributed by atoms with van der Waals surface area (Å²) < 4.78 is 4.48. The zero-order valence-electron chi connectivity index (χ0n) is 6.37. The zero-order chi connectivity index (χ0) is 8.43. The first-order valence-corrected chi connectivity index (χ1v) is 3.13. The first-order valence-electron chi connectivity index (χ1n) is 3.13. The number of carbonyl (C=O) groups is 1. The van der Waals surface area contributed by atoms with Crippen LogP contribution in [0.3, 0.4) is 0 Å². The van der Waals surface area contributed by atoms with Crippen LogP contribution in [0.2, 0.25) is 0 Å². The topological polar surface area (TPSA) is 61.8 Å². The van der Waals surface area contributed by atoms with Crippen molar-refractivity contribution in [3.8, 4) is 0 Å². The van der Waals surface area contributed by atoms with Crippen molar-refractivity contribution in [1.82, 2.24) is 10.4 Å². The number of aliphatic hydroxyl groups excluding tert-OH is 1. The number of hydrazine groups is 1. The van der Waals surface area contributed by atoms with Crippen LogP contribution in [0, 0.1) is 0 Å². The second-order valence-electron chi connectivity index (χ2n) is 2.24. The molecule has 0 bridgehead atoms. The molecular weight excluding hydrogens is 148 g/mol. The van der Waals surface area contributed by atoms with E-state index < -0.39 is 12.0 Å². The lowest BCUT2D eigenvalue weighted by molar-refractivity contribution is -0.144. The van der Waals surface area contributed by atoms with Gasteiger partial charge in [-0.15, -0.1) is 0 Å². The number of esters is 1. The number of aliphatic hydroxyl groups is 1. The summed E-state index contributed by atoms with van der Waals surface area (Å²) in [4.78, 5) is 10.9. The predicted molar refractivity (Wildman–Crippen MR) is 37.4 cm³/mol. The third kappa shape index (κ3) is 1.43.